The van der Waals surface area contributed by atoms with Gasteiger partial charge in [-0.15, -0.1) is 0 Å². The van der Waals surface area contributed by atoms with Crippen LogP contribution in [0, 0.1) is 6.92 Å². The van der Waals surface area contributed by atoms with Gasteiger partial charge in [0.2, 0.25) is 0 Å². The maximum atomic E-state index is 13.2. The third kappa shape index (κ3) is 4.32. The van der Waals surface area contributed by atoms with Crippen molar-refractivity contribution in [2.45, 2.75) is 57.7 Å². The minimum Gasteiger partial charge on any atom is -0.393 e. The van der Waals surface area contributed by atoms with Crippen molar-refractivity contribution in [3.63, 3.8) is 0 Å². The Labute approximate surface area is 181 Å². The third-order valence-corrected chi connectivity index (χ3v) is 6.12. The fourth-order valence-corrected chi connectivity index (χ4v) is 4.36. The lowest BCUT2D eigenvalue weighted by atomic mass is 9.92. The number of pyridine rings is 1. The summed E-state index contributed by atoms with van der Waals surface area (Å²) >= 11 is 0. The van der Waals surface area contributed by atoms with E-state index < -0.39 is 0 Å². The monoisotopic (exact) mass is 420 g/mol. The van der Waals surface area contributed by atoms with Gasteiger partial charge in [-0.2, -0.15) is 5.10 Å². The molecule has 7 heteroatoms. The molecule has 0 spiro atoms. The lowest BCUT2D eigenvalue weighted by Gasteiger charge is -2.27. The molecule has 1 aromatic carbocycles. The Balaban J connectivity index is 1.60. The summed E-state index contributed by atoms with van der Waals surface area (Å²) in [6.45, 7) is 3.69. The van der Waals surface area contributed by atoms with Gasteiger partial charge >= 0.3 is 0 Å². The second-order valence-electron chi connectivity index (χ2n) is 8.25. The van der Waals surface area contributed by atoms with E-state index in [9.17, 15) is 14.7 Å². The number of aliphatic hydroxyl groups excluding tert-OH is 1. The van der Waals surface area contributed by atoms with Gasteiger partial charge in [-0.1, -0.05) is 18.2 Å². The number of carbonyl (C=O) groups excluding carboxylic acids is 1. The van der Waals surface area contributed by atoms with Crippen LogP contribution in [0.4, 0.5) is 0 Å². The molecule has 1 aliphatic carbocycles. The predicted molar refractivity (Wildman–Crippen MR) is 118 cm³/mol. The Bertz CT molecular complexity index is 1110. The number of aromatic nitrogens is 3. The number of hydrogen-bond acceptors (Lipinski definition) is 4. The Hall–Kier alpha value is -3.19. The maximum Gasteiger partial charge on any atom is 0.263 e. The van der Waals surface area contributed by atoms with Crippen molar-refractivity contribution in [3.05, 3.63) is 82.0 Å². The quantitative estimate of drug-likeness (QED) is 0.663. The van der Waals surface area contributed by atoms with Crippen LogP contribution in [-0.4, -0.2) is 31.5 Å². The van der Waals surface area contributed by atoms with Crippen molar-refractivity contribution < 1.29 is 9.90 Å². The highest BCUT2D eigenvalue weighted by molar-refractivity contribution is 5.95. The molecule has 162 valence electrons. The number of benzene rings is 1. The number of hydrogen-bond donors (Lipinski definition) is 2. The molecule has 1 unspecified atom stereocenters. The first kappa shape index (κ1) is 21.1. The molecule has 4 rings (SSSR count). The zero-order chi connectivity index (χ0) is 22.0. The molecular weight excluding hydrogens is 392 g/mol. The fourth-order valence-electron chi connectivity index (χ4n) is 4.36. The average Bonchev–Trinajstić information content (AvgIpc) is 3.29. The van der Waals surface area contributed by atoms with Crippen LogP contribution in [0.3, 0.4) is 0 Å². The van der Waals surface area contributed by atoms with E-state index in [4.69, 9.17) is 0 Å². The summed E-state index contributed by atoms with van der Waals surface area (Å²) in [5.74, 6) is -0.379. The van der Waals surface area contributed by atoms with Gasteiger partial charge in [-0.05, 0) is 68.9 Å². The van der Waals surface area contributed by atoms with Crippen LogP contribution in [0.5, 0.6) is 0 Å². The van der Waals surface area contributed by atoms with Crippen molar-refractivity contribution in [2.75, 3.05) is 0 Å². The summed E-state index contributed by atoms with van der Waals surface area (Å²) in [5.41, 5.74) is 2.35. The van der Waals surface area contributed by atoms with E-state index in [0.29, 0.717) is 18.4 Å². The number of aliphatic hydroxyl groups is 1. The normalized spacial score (nSPS) is 19.7. The molecule has 7 nitrogen and oxygen atoms in total. The Morgan fingerprint density at radius 3 is 2.58 bits per heavy atom. The maximum absolute atomic E-state index is 13.2. The lowest BCUT2D eigenvalue weighted by molar-refractivity contribution is 0.0933. The van der Waals surface area contributed by atoms with Crippen LogP contribution in [0.1, 0.15) is 66.2 Å². The molecule has 1 saturated carbocycles. The summed E-state index contributed by atoms with van der Waals surface area (Å²) in [5, 5.41) is 17.1. The predicted octanol–water partition coefficient (Wildman–Crippen LogP) is 3.31. The highest BCUT2D eigenvalue weighted by atomic mass is 16.3. The number of aryl methyl sites for hydroxylation is 1. The fraction of sp³-hybridized carbons (Fsp3) is 0.375. The molecule has 1 amide bonds. The largest absolute Gasteiger partial charge is 0.393 e. The van der Waals surface area contributed by atoms with Crippen molar-refractivity contribution >= 4 is 5.91 Å². The summed E-state index contributed by atoms with van der Waals surface area (Å²) in [7, 11) is 0. The van der Waals surface area contributed by atoms with Gasteiger partial charge in [0, 0.05) is 24.6 Å². The van der Waals surface area contributed by atoms with Gasteiger partial charge in [0.1, 0.15) is 5.56 Å². The SMILES string of the molecule is Cc1ccn(C2CCC(O)CC2)c(=O)c1C(=O)NC(C)c1ccccc1-n1cccn1. The zero-order valence-electron chi connectivity index (χ0n) is 17.9. The smallest absolute Gasteiger partial charge is 0.263 e. The lowest BCUT2D eigenvalue weighted by Crippen LogP contribution is -2.37. The molecule has 1 aliphatic rings. The van der Waals surface area contributed by atoms with Gasteiger partial charge in [0.15, 0.2) is 0 Å². The standard InChI is InChI=1S/C24H28N4O3/c1-16-12-15-27(18-8-10-19(29)11-9-18)24(31)22(16)23(30)26-17(2)20-6-3-4-7-21(20)28-14-5-13-25-28/h3-7,12-15,17-19,29H,8-11H2,1-2H3,(H,26,30). The molecule has 0 bridgehead atoms. The number of rotatable bonds is 5. The number of nitrogens with one attached hydrogen (secondary N) is 1. The first-order valence-corrected chi connectivity index (χ1v) is 10.8. The molecule has 0 saturated heterocycles. The van der Waals surface area contributed by atoms with E-state index in [2.05, 4.69) is 10.4 Å². The second kappa shape index (κ2) is 8.89. The van der Waals surface area contributed by atoms with Crippen molar-refractivity contribution in [2.24, 2.45) is 0 Å². The highest BCUT2D eigenvalue weighted by Crippen LogP contribution is 2.27. The minimum atomic E-state index is -0.379. The summed E-state index contributed by atoms with van der Waals surface area (Å²) < 4.78 is 3.42. The van der Waals surface area contributed by atoms with Crippen molar-refractivity contribution in [1.29, 1.82) is 0 Å². The van der Waals surface area contributed by atoms with E-state index in [1.54, 1.807) is 28.6 Å². The Kier molecular flexibility index (Phi) is 6.04. The van der Waals surface area contributed by atoms with Gasteiger partial charge < -0.3 is 15.0 Å². The van der Waals surface area contributed by atoms with Gasteiger partial charge in [0.05, 0.1) is 17.8 Å². The minimum absolute atomic E-state index is 0.0148. The van der Waals surface area contributed by atoms with Gasteiger partial charge in [-0.3, -0.25) is 9.59 Å². The van der Waals surface area contributed by atoms with E-state index >= 15 is 0 Å². The second-order valence-corrected chi connectivity index (χ2v) is 8.25. The number of carbonyl (C=O) groups is 1. The third-order valence-electron chi connectivity index (χ3n) is 6.12. The highest BCUT2D eigenvalue weighted by Gasteiger charge is 2.25. The van der Waals surface area contributed by atoms with Crippen LogP contribution in [0.25, 0.3) is 5.69 Å². The van der Waals surface area contributed by atoms with Crippen LogP contribution in [0.15, 0.2) is 59.8 Å². The first-order valence-electron chi connectivity index (χ1n) is 10.8. The molecule has 2 N–H and O–H groups in total. The molecule has 1 atom stereocenters. The molecule has 1 fully saturated rings. The molecule has 0 radical (unpaired) electrons. The van der Waals surface area contributed by atoms with E-state index in [1.807, 2.05) is 49.5 Å². The van der Waals surface area contributed by atoms with E-state index in [1.165, 1.54) is 0 Å². The zero-order valence-corrected chi connectivity index (χ0v) is 17.9. The summed E-state index contributed by atoms with van der Waals surface area (Å²) in [4.78, 5) is 26.4. The van der Waals surface area contributed by atoms with Crippen LogP contribution in [-0.2, 0) is 0 Å². The number of amides is 1. The van der Waals surface area contributed by atoms with Crippen LogP contribution >= 0.6 is 0 Å². The topological polar surface area (TPSA) is 89.1 Å². The summed E-state index contributed by atoms with van der Waals surface area (Å²) in [6.07, 6.45) is 7.86. The number of nitrogens with zero attached hydrogens (tertiary/aromatic N) is 3. The molecule has 31 heavy (non-hydrogen) atoms. The molecule has 2 heterocycles. The van der Waals surface area contributed by atoms with Gasteiger partial charge in [-0.25, -0.2) is 4.68 Å². The van der Waals surface area contributed by atoms with Crippen LogP contribution < -0.4 is 10.9 Å². The Morgan fingerprint density at radius 1 is 1.13 bits per heavy atom. The molecular formula is C24H28N4O3. The van der Waals surface area contributed by atoms with E-state index in [-0.39, 0.29) is 35.2 Å². The molecule has 0 aliphatic heterocycles. The average molecular weight is 421 g/mol. The van der Waals surface area contributed by atoms with Crippen molar-refractivity contribution in [1.82, 2.24) is 19.7 Å². The van der Waals surface area contributed by atoms with Crippen LogP contribution in [0.2, 0.25) is 0 Å². The van der Waals surface area contributed by atoms with Crippen molar-refractivity contribution in [3.8, 4) is 5.69 Å². The molecule has 3 aromatic rings. The van der Waals surface area contributed by atoms with Gasteiger partial charge in [0.25, 0.3) is 11.5 Å². The first-order chi connectivity index (χ1) is 15.0. The summed E-state index contributed by atoms with van der Waals surface area (Å²) in [6, 6.07) is 11.1. The van der Waals surface area contributed by atoms with E-state index in [0.717, 1.165) is 24.1 Å². The molecule has 2 aromatic heterocycles. The number of para-hydroxylation sites is 1. The Morgan fingerprint density at radius 2 is 1.87 bits per heavy atom.